The first-order valence-electron chi connectivity index (χ1n) is 4.87. The monoisotopic (exact) mass is 363 g/mol. The molecule has 0 aromatic carbocycles. The molecule has 0 saturated carbocycles. The number of halogens is 2. The summed E-state index contributed by atoms with van der Waals surface area (Å²) >= 11 is 8.56. The van der Waals surface area contributed by atoms with Crippen molar-refractivity contribution in [3.05, 3.63) is 43.4 Å². The molecule has 0 aliphatic carbocycles. The van der Waals surface area contributed by atoms with Gasteiger partial charge in [-0.3, -0.25) is 0 Å². The predicted molar refractivity (Wildman–Crippen MR) is 73.7 cm³/mol. The molecule has 0 saturated heterocycles. The molecule has 16 heavy (non-hydrogen) atoms. The van der Waals surface area contributed by atoms with Crippen LogP contribution in [0.2, 0.25) is 0 Å². The highest BCUT2D eigenvalue weighted by atomic mass is 79.9. The number of thiophene rings is 1. The van der Waals surface area contributed by atoms with Crippen molar-refractivity contribution in [3.8, 4) is 0 Å². The third kappa shape index (κ3) is 2.97. The third-order valence-corrected chi connectivity index (χ3v) is 4.63. The molecule has 1 N–H and O–H groups in total. The molecule has 0 aliphatic rings. The summed E-state index contributed by atoms with van der Waals surface area (Å²) in [5.74, 6) is 0.944. The van der Waals surface area contributed by atoms with Crippen LogP contribution in [-0.2, 0) is 6.54 Å². The summed E-state index contributed by atoms with van der Waals surface area (Å²) in [6, 6.07) is 6.16. The van der Waals surface area contributed by atoms with Crippen LogP contribution in [0.4, 0.5) is 0 Å². The van der Waals surface area contributed by atoms with Crippen LogP contribution in [-0.4, -0.2) is 0 Å². The first kappa shape index (κ1) is 12.4. The Balaban J connectivity index is 1.93. The molecule has 0 amide bonds. The van der Waals surface area contributed by atoms with Gasteiger partial charge in [-0.25, -0.2) is 0 Å². The fraction of sp³-hybridized carbons (Fsp3) is 0.273. The maximum atomic E-state index is 5.49. The number of hydrogen-bond donors (Lipinski definition) is 1. The van der Waals surface area contributed by atoms with Crippen LogP contribution in [0.3, 0.4) is 0 Å². The summed E-state index contributed by atoms with van der Waals surface area (Å²) in [6.07, 6.45) is 0. The Bertz CT molecular complexity index is 466. The van der Waals surface area contributed by atoms with Crippen LogP contribution in [0.15, 0.2) is 37.1 Å². The van der Waals surface area contributed by atoms with Crippen LogP contribution in [0.1, 0.15) is 23.6 Å². The summed E-state index contributed by atoms with van der Waals surface area (Å²) in [4.78, 5) is 1.30. The van der Waals surface area contributed by atoms with Gasteiger partial charge in [0.25, 0.3) is 0 Å². The first-order valence-corrected chi connectivity index (χ1v) is 7.34. The van der Waals surface area contributed by atoms with Gasteiger partial charge in [-0.1, -0.05) is 0 Å². The highest BCUT2D eigenvalue weighted by molar-refractivity contribution is 9.10. The van der Waals surface area contributed by atoms with Crippen molar-refractivity contribution >= 4 is 43.2 Å². The topological polar surface area (TPSA) is 25.2 Å². The van der Waals surface area contributed by atoms with E-state index in [1.807, 2.05) is 12.1 Å². The van der Waals surface area contributed by atoms with E-state index in [-0.39, 0.29) is 6.04 Å². The zero-order valence-electron chi connectivity index (χ0n) is 8.67. The van der Waals surface area contributed by atoms with E-state index in [0.29, 0.717) is 0 Å². The molecular weight excluding hydrogens is 354 g/mol. The first-order chi connectivity index (χ1) is 7.66. The second-order valence-electron chi connectivity index (χ2n) is 3.44. The fourth-order valence-corrected chi connectivity index (χ4v) is 3.12. The molecule has 2 aromatic heterocycles. The minimum absolute atomic E-state index is 0.209. The molecule has 0 spiro atoms. The Morgan fingerprint density at radius 2 is 2.19 bits per heavy atom. The maximum absolute atomic E-state index is 5.49. The van der Waals surface area contributed by atoms with Crippen molar-refractivity contribution in [2.24, 2.45) is 0 Å². The number of nitrogens with one attached hydrogen (secondary N) is 1. The molecule has 0 fully saturated rings. The smallest absolute Gasteiger partial charge is 0.169 e. The average molecular weight is 365 g/mol. The van der Waals surface area contributed by atoms with Crippen LogP contribution < -0.4 is 5.32 Å². The molecule has 0 radical (unpaired) electrons. The van der Waals surface area contributed by atoms with Gasteiger partial charge in [-0.05, 0) is 62.4 Å². The van der Waals surface area contributed by atoms with Crippen molar-refractivity contribution < 1.29 is 4.42 Å². The second-order valence-corrected chi connectivity index (χ2v) is 6.07. The minimum atomic E-state index is 0.209. The summed E-state index contributed by atoms with van der Waals surface area (Å²) in [6.45, 7) is 2.94. The predicted octanol–water partition coefficient (Wildman–Crippen LogP) is 4.72. The number of furan rings is 1. The standard InChI is InChI=1S/C11H11Br2NOS/c1-7(9-2-3-11(13)15-9)14-6-10-8(12)4-5-16-10/h2-5,7,14H,6H2,1H3. The highest BCUT2D eigenvalue weighted by Crippen LogP contribution is 2.24. The van der Waals surface area contributed by atoms with E-state index in [4.69, 9.17) is 4.42 Å². The second kappa shape index (κ2) is 5.49. The van der Waals surface area contributed by atoms with E-state index in [1.165, 1.54) is 4.88 Å². The summed E-state index contributed by atoms with van der Waals surface area (Å²) in [5.41, 5.74) is 0. The Kier molecular flexibility index (Phi) is 4.24. The van der Waals surface area contributed by atoms with Gasteiger partial charge in [0.15, 0.2) is 4.67 Å². The van der Waals surface area contributed by atoms with Gasteiger partial charge in [0.1, 0.15) is 5.76 Å². The lowest BCUT2D eigenvalue weighted by molar-refractivity contribution is 0.418. The molecule has 2 rings (SSSR count). The van der Waals surface area contributed by atoms with Gasteiger partial charge in [0, 0.05) is 15.9 Å². The van der Waals surface area contributed by atoms with Gasteiger partial charge in [0.2, 0.25) is 0 Å². The molecule has 1 unspecified atom stereocenters. The lowest BCUT2D eigenvalue weighted by atomic mass is 10.2. The molecular formula is C11H11Br2NOS. The molecule has 86 valence electrons. The van der Waals surface area contributed by atoms with Crippen LogP contribution in [0.5, 0.6) is 0 Å². The van der Waals surface area contributed by atoms with Gasteiger partial charge in [0.05, 0.1) is 6.04 Å². The largest absolute Gasteiger partial charge is 0.453 e. The quantitative estimate of drug-likeness (QED) is 0.849. The summed E-state index contributed by atoms with van der Waals surface area (Å²) in [5, 5.41) is 5.50. The van der Waals surface area contributed by atoms with Crippen molar-refractivity contribution in [2.75, 3.05) is 0 Å². The van der Waals surface area contributed by atoms with Crippen LogP contribution in [0, 0.1) is 0 Å². The average Bonchev–Trinajstić information content (AvgIpc) is 2.84. The van der Waals surface area contributed by atoms with Crippen molar-refractivity contribution in [3.63, 3.8) is 0 Å². The lowest BCUT2D eigenvalue weighted by Gasteiger charge is -2.10. The van der Waals surface area contributed by atoms with Gasteiger partial charge >= 0.3 is 0 Å². The number of hydrogen-bond acceptors (Lipinski definition) is 3. The zero-order chi connectivity index (χ0) is 11.5. The van der Waals surface area contributed by atoms with E-state index in [1.54, 1.807) is 11.3 Å². The molecule has 2 heterocycles. The molecule has 0 aliphatic heterocycles. The normalized spacial score (nSPS) is 12.9. The zero-order valence-corrected chi connectivity index (χ0v) is 12.7. The van der Waals surface area contributed by atoms with Gasteiger partial charge < -0.3 is 9.73 Å². The van der Waals surface area contributed by atoms with E-state index in [9.17, 15) is 0 Å². The SMILES string of the molecule is CC(NCc1sccc1Br)c1ccc(Br)o1. The third-order valence-electron chi connectivity index (χ3n) is 2.28. The molecule has 5 heteroatoms. The Morgan fingerprint density at radius 1 is 1.38 bits per heavy atom. The molecule has 2 nitrogen and oxygen atoms in total. The van der Waals surface area contributed by atoms with Crippen LogP contribution in [0.25, 0.3) is 0 Å². The lowest BCUT2D eigenvalue weighted by Crippen LogP contribution is -2.17. The Morgan fingerprint density at radius 3 is 2.75 bits per heavy atom. The molecule has 1 atom stereocenters. The fourth-order valence-electron chi connectivity index (χ4n) is 1.36. The number of rotatable bonds is 4. The summed E-state index contributed by atoms with van der Waals surface area (Å²) in [7, 11) is 0. The highest BCUT2D eigenvalue weighted by Gasteiger charge is 2.10. The maximum Gasteiger partial charge on any atom is 0.169 e. The van der Waals surface area contributed by atoms with E-state index in [0.717, 1.165) is 21.4 Å². The van der Waals surface area contributed by atoms with E-state index in [2.05, 4.69) is 55.5 Å². The Hall–Kier alpha value is -0.100. The van der Waals surface area contributed by atoms with Crippen molar-refractivity contribution in [2.45, 2.75) is 19.5 Å². The summed E-state index contributed by atoms with van der Waals surface area (Å²) < 4.78 is 7.43. The van der Waals surface area contributed by atoms with Gasteiger partial charge in [-0.2, -0.15) is 0 Å². The van der Waals surface area contributed by atoms with E-state index >= 15 is 0 Å². The molecule has 0 bridgehead atoms. The van der Waals surface area contributed by atoms with Crippen molar-refractivity contribution in [1.29, 1.82) is 0 Å². The molecule has 2 aromatic rings. The van der Waals surface area contributed by atoms with E-state index < -0.39 is 0 Å². The van der Waals surface area contributed by atoms with Crippen molar-refractivity contribution in [1.82, 2.24) is 5.32 Å². The van der Waals surface area contributed by atoms with Gasteiger partial charge in [-0.15, -0.1) is 11.3 Å². The minimum Gasteiger partial charge on any atom is -0.453 e. The van der Waals surface area contributed by atoms with Crippen LogP contribution >= 0.6 is 43.2 Å². The Labute approximate surface area is 115 Å².